The summed E-state index contributed by atoms with van der Waals surface area (Å²) in [6.07, 6.45) is 1.34. The number of benzene rings is 2. The highest BCUT2D eigenvalue weighted by atomic mass is 32.1. The normalized spacial score (nSPS) is 12.7. The number of nitrogens with two attached hydrogens (primary N) is 1. The molecule has 4 aromatic rings. The fraction of sp³-hybridized carbons (Fsp3) is 0.217. The number of ether oxygens (including phenoxy) is 1. The summed E-state index contributed by atoms with van der Waals surface area (Å²) in [6.45, 7) is 0.430. The summed E-state index contributed by atoms with van der Waals surface area (Å²) < 4.78 is 44.0. The van der Waals surface area contributed by atoms with E-state index in [4.69, 9.17) is 10.5 Å². The quantitative estimate of drug-likeness (QED) is 0.390. The van der Waals surface area contributed by atoms with Crippen LogP contribution in [0.1, 0.15) is 11.1 Å². The number of hydrogen-bond acceptors (Lipinski definition) is 6. The van der Waals surface area contributed by atoms with E-state index < -0.39 is 11.7 Å². The molecule has 0 aliphatic carbocycles. The van der Waals surface area contributed by atoms with Crippen molar-refractivity contribution in [2.75, 3.05) is 19.0 Å². The number of thiazole rings is 1. The topological polar surface area (TPSA) is 73.1 Å². The van der Waals surface area contributed by atoms with Gasteiger partial charge in [-0.2, -0.15) is 13.2 Å². The van der Waals surface area contributed by atoms with Crippen LogP contribution < -0.4 is 15.8 Å². The summed E-state index contributed by atoms with van der Waals surface area (Å²) in [5.74, 6) is -0.203. The van der Waals surface area contributed by atoms with Gasteiger partial charge in [-0.3, -0.25) is 4.98 Å². The minimum atomic E-state index is -4.46. The number of alkyl halides is 3. The third kappa shape index (κ3) is 5.00. The fourth-order valence-electron chi connectivity index (χ4n) is 3.42. The first-order valence-corrected chi connectivity index (χ1v) is 10.7. The first-order valence-electron chi connectivity index (χ1n) is 9.87. The molecule has 2 heterocycles. The zero-order chi connectivity index (χ0) is 22.7. The van der Waals surface area contributed by atoms with Gasteiger partial charge in [-0.25, -0.2) is 4.98 Å². The second kappa shape index (κ2) is 9.13. The lowest BCUT2D eigenvalue weighted by atomic mass is 10.0. The molecule has 166 valence electrons. The molecule has 4 rings (SSSR count). The molecule has 0 spiro atoms. The highest BCUT2D eigenvalue weighted by molar-refractivity contribution is 7.18. The number of anilines is 1. The highest BCUT2D eigenvalue weighted by Gasteiger charge is 2.34. The monoisotopic (exact) mass is 458 g/mol. The number of halogens is 3. The molecule has 5 nitrogen and oxygen atoms in total. The smallest absolute Gasteiger partial charge is 0.419 e. The molecule has 2 aromatic carbocycles. The predicted molar refractivity (Wildman–Crippen MR) is 121 cm³/mol. The van der Waals surface area contributed by atoms with Gasteiger partial charge in [-0.15, -0.1) is 0 Å². The molecular formula is C23H21F3N4OS. The van der Waals surface area contributed by atoms with E-state index in [0.29, 0.717) is 18.5 Å². The Kier molecular flexibility index (Phi) is 6.29. The number of rotatable bonds is 7. The molecule has 0 saturated carbocycles. The van der Waals surface area contributed by atoms with Crippen molar-refractivity contribution in [3.63, 3.8) is 0 Å². The molecule has 0 aliphatic rings. The molecule has 3 N–H and O–H groups in total. The number of nitrogens with zero attached hydrogens (tertiary/aromatic N) is 2. The number of fused-ring (bicyclic) bond motifs is 1. The molecule has 0 fully saturated rings. The van der Waals surface area contributed by atoms with Gasteiger partial charge in [0.15, 0.2) is 5.13 Å². The lowest BCUT2D eigenvalue weighted by molar-refractivity contribution is -0.138. The molecule has 0 bridgehead atoms. The molecule has 1 atom stereocenters. The van der Waals surface area contributed by atoms with E-state index in [9.17, 15) is 13.2 Å². The molecule has 2 aromatic heterocycles. The number of hydrogen-bond donors (Lipinski definition) is 2. The van der Waals surface area contributed by atoms with Crippen LogP contribution in [0.25, 0.3) is 21.2 Å². The van der Waals surface area contributed by atoms with Gasteiger partial charge in [0.05, 0.1) is 17.6 Å². The van der Waals surface area contributed by atoms with Crippen LogP contribution in [0.5, 0.6) is 5.75 Å². The van der Waals surface area contributed by atoms with Crippen molar-refractivity contribution in [1.82, 2.24) is 9.97 Å². The number of methoxy groups -OCH3 is 1. The van der Waals surface area contributed by atoms with E-state index in [1.165, 1.54) is 30.6 Å². The lowest BCUT2D eigenvalue weighted by Crippen LogP contribution is -2.31. The molecule has 0 amide bonds. The van der Waals surface area contributed by atoms with Crippen LogP contribution in [0.4, 0.5) is 18.3 Å². The standard InChI is InChI=1S/C23H21F3N4OS/c1-31-20-9-14(2-5-19(20)23(24,25)26)8-18(27)12-29-22-30-13-21(32-22)16-3-4-17-11-28-7-6-15(17)10-16/h2-7,9-11,13,18H,8,12,27H2,1H3,(H,29,30)/t18-/m0/s1. The maximum atomic E-state index is 13.0. The van der Waals surface area contributed by atoms with Crippen LogP contribution in [0.2, 0.25) is 0 Å². The van der Waals surface area contributed by atoms with E-state index in [1.54, 1.807) is 6.20 Å². The zero-order valence-electron chi connectivity index (χ0n) is 17.2. The Morgan fingerprint density at radius 3 is 2.72 bits per heavy atom. The van der Waals surface area contributed by atoms with Gasteiger partial charge in [0.25, 0.3) is 0 Å². The summed E-state index contributed by atoms with van der Waals surface area (Å²) in [5, 5.41) is 6.13. The summed E-state index contributed by atoms with van der Waals surface area (Å²) in [4.78, 5) is 9.56. The average molecular weight is 459 g/mol. The van der Waals surface area contributed by atoms with Gasteiger partial charge < -0.3 is 15.8 Å². The molecule has 32 heavy (non-hydrogen) atoms. The van der Waals surface area contributed by atoms with Crippen LogP contribution in [0.3, 0.4) is 0 Å². The van der Waals surface area contributed by atoms with E-state index in [1.807, 2.05) is 30.6 Å². The van der Waals surface area contributed by atoms with Gasteiger partial charge >= 0.3 is 6.18 Å². The van der Waals surface area contributed by atoms with Gasteiger partial charge in [-0.1, -0.05) is 29.5 Å². The Bertz CT molecular complexity index is 1230. The summed E-state index contributed by atoms with van der Waals surface area (Å²) in [5.41, 5.74) is 7.14. The third-order valence-electron chi connectivity index (χ3n) is 5.02. The maximum Gasteiger partial charge on any atom is 0.419 e. The minimum absolute atomic E-state index is 0.203. The van der Waals surface area contributed by atoms with Gasteiger partial charge in [0.1, 0.15) is 5.75 Å². The molecule has 0 aliphatic heterocycles. The Hall–Kier alpha value is -3.17. The van der Waals surface area contributed by atoms with Crippen molar-refractivity contribution in [2.45, 2.75) is 18.6 Å². The van der Waals surface area contributed by atoms with Crippen LogP contribution in [0, 0.1) is 0 Å². The van der Waals surface area contributed by atoms with E-state index >= 15 is 0 Å². The summed E-state index contributed by atoms with van der Waals surface area (Å²) >= 11 is 1.52. The third-order valence-corrected chi connectivity index (χ3v) is 6.02. The predicted octanol–water partition coefficient (Wildman–Crippen LogP) is 5.37. The van der Waals surface area contributed by atoms with Gasteiger partial charge in [-0.05, 0) is 47.2 Å². The Balaban J connectivity index is 1.38. The second-order valence-corrected chi connectivity index (χ2v) is 8.38. The van der Waals surface area contributed by atoms with Crippen LogP contribution in [0.15, 0.2) is 61.1 Å². The molecule has 0 radical (unpaired) electrons. The van der Waals surface area contributed by atoms with E-state index in [-0.39, 0.29) is 11.8 Å². The Labute approximate surface area is 187 Å². The zero-order valence-corrected chi connectivity index (χ0v) is 18.0. The molecule has 9 heteroatoms. The SMILES string of the molecule is COc1cc(C[C@H](N)CNc2ncc(-c3ccc4cnccc4c3)s2)ccc1C(F)(F)F. The highest BCUT2D eigenvalue weighted by Crippen LogP contribution is 2.36. The summed E-state index contributed by atoms with van der Waals surface area (Å²) in [6, 6.07) is 11.7. The lowest BCUT2D eigenvalue weighted by Gasteiger charge is -2.16. The van der Waals surface area contributed by atoms with Crippen molar-refractivity contribution < 1.29 is 17.9 Å². The fourth-order valence-corrected chi connectivity index (χ4v) is 4.24. The second-order valence-electron chi connectivity index (χ2n) is 7.34. The Morgan fingerprint density at radius 2 is 1.94 bits per heavy atom. The molecule has 0 saturated heterocycles. The average Bonchev–Trinajstić information content (AvgIpc) is 3.25. The number of nitrogens with one attached hydrogen (secondary N) is 1. The van der Waals surface area contributed by atoms with Crippen LogP contribution in [-0.4, -0.2) is 29.7 Å². The van der Waals surface area contributed by atoms with E-state index in [0.717, 1.165) is 32.4 Å². The van der Waals surface area contributed by atoms with Crippen LogP contribution >= 0.6 is 11.3 Å². The Morgan fingerprint density at radius 1 is 1.09 bits per heavy atom. The molecular weight excluding hydrogens is 437 g/mol. The van der Waals surface area contributed by atoms with Crippen molar-refractivity contribution >= 4 is 27.2 Å². The number of aromatic nitrogens is 2. The van der Waals surface area contributed by atoms with Crippen molar-refractivity contribution in [2.24, 2.45) is 5.73 Å². The molecule has 0 unspecified atom stereocenters. The first kappa shape index (κ1) is 22.0. The van der Waals surface area contributed by atoms with Crippen LogP contribution in [-0.2, 0) is 12.6 Å². The van der Waals surface area contributed by atoms with Gasteiger partial charge in [0, 0.05) is 36.6 Å². The minimum Gasteiger partial charge on any atom is -0.496 e. The van der Waals surface area contributed by atoms with E-state index in [2.05, 4.69) is 21.4 Å². The van der Waals surface area contributed by atoms with Crippen molar-refractivity contribution in [3.05, 3.63) is 72.2 Å². The number of pyridine rings is 1. The van der Waals surface area contributed by atoms with Crippen molar-refractivity contribution in [3.8, 4) is 16.2 Å². The van der Waals surface area contributed by atoms with Gasteiger partial charge in [0.2, 0.25) is 0 Å². The summed E-state index contributed by atoms with van der Waals surface area (Å²) in [7, 11) is 1.22. The first-order chi connectivity index (χ1) is 15.3. The maximum absolute atomic E-state index is 13.0. The largest absolute Gasteiger partial charge is 0.496 e. The van der Waals surface area contributed by atoms with Crippen molar-refractivity contribution in [1.29, 1.82) is 0 Å².